The number of ether oxygens (including phenoxy) is 3. The lowest BCUT2D eigenvalue weighted by molar-refractivity contribution is -0.170. The molecule has 3 atom stereocenters. The quantitative estimate of drug-likeness (QED) is 0.332. The van der Waals surface area contributed by atoms with E-state index >= 15 is 0 Å². The van der Waals surface area contributed by atoms with Gasteiger partial charge in [-0.3, -0.25) is 4.79 Å². The number of esters is 1. The topological polar surface area (TPSA) is 72.9 Å². The number of carbonyl (C=O) groups is 1. The van der Waals surface area contributed by atoms with E-state index in [-0.39, 0.29) is 24.0 Å². The van der Waals surface area contributed by atoms with Crippen molar-refractivity contribution in [3.8, 4) is 17.0 Å². The van der Waals surface area contributed by atoms with Crippen molar-refractivity contribution in [2.45, 2.75) is 91.1 Å². The molecule has 234 valence electrons. The predicted molar refractivity (Wildman–Crippen MR) is 174 cm³/mol. The standard InChI is InChI=1S/C37H47N3O4/c1-24-9-6-10-29(34(24)43-23-27-15-14-26-16-19-38-20-17-28(26)25(27)2)31-11-7-13-33(39-31)40-21-18-30(36(41)44-37(3,4)5)35-32(40)12-8-22-42-35/h6-7,9-11,13-15,30,32,35,38H,8,12,16-23H2,1-5H3/t30-,32+,35-/m0/s1. The molecule has 2 saturated heterocycles. The Morgan fingerprint density at radius 2 is 1.86 bits per heavy atom. The number of rotatable bonds is 6. The Hall–Kier alpha value is -3.42. The number of aromatic nitrogens is 1. The molecule has 0 radical (unpaired) electrons. The molecule has 3 aromatic rings. The Labute approximate surface area is 262 Å². The average molecular weight is 598 g/mol. The summed E-state index contributed by atoms with van der Waals surface area (Å²) in [5.74, 6) is 1.37. The normalized spacial score (nSPS) is 22.0. The van der Waals surface area contributed by atoms with E-state index in [1.54, 1.807) is 0 Å². The van der Waals surface area contributed by atoms with Gasteiger partial charge in [-0.05, 0) is 126 Å². The highest BCUT2D eigenvalue weighted by Crippen LogP contribution is 2.38. The van der Waals surface area contributed by atoms with Gasteiger partial charge in [-0.1, -0.05) is 30.3 Å². The maximum atomic E-state index is 13.1. The Morgan fingerprint density at radius 3 is 2.70 bits per heavy atom. The first-order valence-electron chi connectivity index (χ1n) is 16.3. The van der Waals surface area contributed by atoms with Crippen molar-refractivity contribution in [3.05, 3.63) is 76.3 Å². The maximum Gasteiger partial charge on any atom is 0.312 e. The molecule has 0 spiro atoms. The molecule has 0 bridgehead atoms. The minimum Gasteiger partial charge on any atom is -0.488 e. The fourth-order valence-corrected chi connectivity index (χ4v) is 7.12. The number of para-hydroxylation sites is 1. The lowest BCUT2D eigenvalue weighted by Gasteiger charge is -2.47. The van der Waals surface area contributed by atoms with Crippen LogP contribution >= 0.6 is 0 Å². The van der Waals surface area contributed by atoms with Gasteiger partial charge in [0.2, 0.25) is 0 Å². The average Bonchev–Trinajstić information content (AvgIpc) is 3.26. The highest BCUT2D eigenvalue weighted by atomic mass is 16.6. The lowest BCUT2D eigenvalue weighted by Crippen LogP contribution is -2.58. The summed E-state index contributed by atoms with van der Waals surface area (Å²) >= 11 is 0. The molecule has 4 heterocycles. The Balaban J connectivity index is 1.24. The number of benzene rings is 2. The molecule has 0 aliphatic carbocycles. The largest absolute Gasteiger partial charge is 0.488 e. The van der Waals surface area contributed by atoms with Crippen LogP contribution in [0.1, 0.15) is 67.9 Å². The summed E-state index contributed by atoms with van der Waals surface area (Å²) in [5, 5.41) is 3.52. The van der Waals surface area contributed by atoms with Crippen molar-refractivity contribution >= 4 is 11.8 Å². The molecule has 7 nitrogen and oxygen atoms in total. The van der Waals surface area contributed by atoms with Crippen LogP contribution in [0.25, 0.3) is 11.3 Å². The number of carbonyl (C=O) groups excluding carboxylic acids is 1. The first kappa shape index (κ1) is 30.6. The molecule has 3 aliphatic heterocycles. The first-order chi connectivity index (χ1) is 21.2. The molecule has 6 rings (SSSR count). The van der Waals surface area contributed by atoms with Gasteiger partial charge < -0.3 is 24.4 Å². The molecule has 1 N–H and O–H groups in total. The van der Waals surface area contributed by atoms with Gasteiger partial charge in [-0.15, -0.1) is 0 Å². The summed E-state index contributed by atoms with van der Waals surface area (Å²) < 4.78 is 18.7. The summed E-state index contributed by atoms with van der Waals surface area (Å²) in [4.78, 5) is 20.7. The monoisotopic (exact) mass is 597 g/mol. The molecule has 3 aliphatic rings. The Kier molecular flexibility index (Phi) is 8.97. The van der Waals surface area contributed by atoms with E-state index in [2.05, 4.69) is 72.6 Å². The van der Waals surface area contributed by atoms with Crippen LogP contribution in [0.5, 0.6) is 5.75 Å². The van der Waals surface area contributed by atoms with Crippen LogP contribution in [0.4, 0.5) is 5.82 Å². The van der Waals surface area contributed by atoms with Crippen LogP contribution in [-0.4, -0.2) is 54.9 Å². The van der Waals surface area contributed by atoms with Crippen LogP contribution in [0.2, 0.25) is 0 Å². The number of pyridine rings is 1. The third-order valence-corrected chi connectivity index (χ3v) is 9.34. The van der Waals surface area contributed by atoms with E-state index in [1.807, 2.05) is 20.8 Å². The number of aryl methyl sites for hydroxylation is 1. The highest BCUT2D eigenvalue weighted by molar-refractivity contribution is 5.75. The summed E-state index contributed by atoms with van der Waals surface area (Å²) in [6.45, 7) is 14.1. The van der Waals surface area contributed by atoms with Crippen LogP contribution in [0.3, 0.4) is 0 Å². The first-order valence-corrected chi connectivity index (χ1v) is 16.3. The van der Waals surface area contributed by atoms with Crippen LogP contribution in [-0.2, 0) is 33.7 Å². The lowest BCUT2D eigenvalue weighted by atomic mass is 9.83. The second kappa shape index (κ2) is 12.9. The molecule has 0 saturated carbocycles. The number of anilines is 1. The van der Waals surface area contributed by atoms with E-state index < -0.39 is 5.60 Å². The van der Waals surface area contributed by atoms with Gasteiger partial charge in [0.15, 0.2) is 0 Å². The smallest absolute Gasteiger partial charge is 0.312 e. The minimum atomic E-state index is -0.517. The van der Waals surface area contributed by atoms with E-state index in [1.165, 1.54) is 22.3 Å². The van der Waals surface area contributed by atoms with Gasteiger partial charge in [0.1, 0.15) is 23.8 Å². The molecule has 0 unspecified atom stereocenters. The van der Waals surface area contributed by atoms with Gasteiger partial charge in [0.25, 0.3) is 0 Å². The zero-order valence-corrected chi connectivity index (χ0v) is 26.9. The molecule has 2 fully saturated rings. The number of nitrogens with zero attached hydrogens (tertiary/aromatic N) is 2. The zero-order valence-electron chi connectivity index (χ0n) is 26.9. The Bertz CT molecular complexity index is 1500. The fourth-order valence-electron chi connectivity index (χ4n) is 7.12. The van der Waals surface area contributed by atoms with Crippen molar-refractivity contribution in [2.75, 3.05) is 31.1 Å². The SMILES string of the molecule is Cc1cccc(-c2cccc(N3CC[C@H](C(=O)OC(C)(C)C)[C@@H]4OCCC[C@H]43)n2)c1OCc1ccc2c(c1C)CCNCC2. The number of hydrogen-bond acceptors (Lipinski definition) is 7. The second-order valence-corrected chi connectivity index (χ2v) is 13.5. The Morgan fingerprint density at radius 1 is 1.05 bits per heavy atom. The highest BCUT2D eigenvalue weighted by Gasteiger charge is 2.45. The van der Waals surface area contributed by atoms with Crippen molar-refractivity contribution in [1.29, 1.82) is 0 Å². The third kappa shape index (κ3) is 6.50. The molecule has 44 heavy (non-hydrogen) atoms. The van der Waals surface area contributed by atoms with E-state index in [9.17, 15) is 4.79 Å². The summed E-state index contributed by atoms with van der Waals surface area (Å²) in [5.41, 5.74) is 7.95. The summed E-state index contributed by atoms with van der Waals surface area (Å²) in [6, 6.07) is 17.1. The van der Waals surface area contributed by atoms with Crippen LogP contribution in [0.15, 0.2) is 48.5 Å². The van der Waals surface area contributed by atoms with Gasteiger partial charge in [0.05, 0.1) is 23.8 Å². The number of fused-ring (bicyclic) bond motifs is 2. The second-order valence-electron chi connectivity index (χ2n) is 13.5. The number of piperidine rings is 1. The van der Waals surface area contributed by atoms with E-state index in [0.29, 0.717) is 19.6 Å². The van der Waals surface area contributed by atoms with Crippen molar-refractivity contribution in [2.24, 2.45) is 5.92 Å². The van der Waals surface area contributed by atoms with Gasteiger partial charge in [0, 0.05) is 18.7 Å². The zero-order chi connectivity index (χ0) is 30.8. The van der Waals surface area contributed by atoms with Crippen molar-refractivity contribution < 1.29 is 19.0 Å². The molecule has 1 aromatic heterocycles. The fraction of sp³-hybridized carbons (Fsp3) is 0.514. The van der Waals surface area contributed by atoms with Gasteiger partial charge >= 0.3 is 5.97 Å². The maximum absolute atomic E-state index is 13.1. The van der Waals surface area contributed by atoms with E-state index in [4.69, 9.17) is 19.2 Å². The van der Waals surface area contributed by atoms with Crippen molar-refractivity contribution in [1.82, 2.24) is 10.3 Å². The summed E-state index contributed by atoms with van der Waals surface area (Å²) in [6.07, 6.45) is 4.54. The molecular weight excluding hydrogens is 550 g/mol. The van der Waals surface area contributed by atoms with Gasteiger partial charge in [-0.25, -0.2) is 4.98 Å². The third-order valence-electron chi connectivity index (χ3n) is 9.34. The van der Waals surface area contributed by atoms with Gasteiger partial charge in [-0.2, -0.15) is 0 Å². The van der Waals surface area contributed by atoms with E-state index in [0.717, 1.165) is 73.7 Å². The van der Waals surface area contributed by atoms with Crippen LogP contribution < -0.4 is 15.0 Å². The predicted octanol–water partition coefficient (Wildman–Crippen LogP) is 6.35. The van der Waals surface area contributed by atoms with Crippen LogP contribution in [0, 0.1) is 19.8 Å². The van der Waals surface area contributed by atoms with Crippen molar-refractivity contribution in [3.63, 3.8) is 0 Å². The molecule has 7 heteroatoms. The number of nitrogens with one attached hydrogen (secondary N) is 1. The number of hydrogen-bond donors (Lipinski definition) is 1. The minimum absolute atomic E-state index is 0.0809. The molecular formula is C37H47N3O4. The molecule has 2 aromatic carbocycles. The molecule has 0 amide bonds. The summed E-state index contributed by atoms with van der Waals surface area (Å²) in [7, 11) is 0.